The number of benzene rings is 1. The molecule has 1 atom stereocenters. The number of ether oxygens (including phenoxy) is 6. The average Bonchev–Trinajstić information content (AvgIpc) is 2.92. The number of carbonyl (C=O) groups excluding carboxylic acids is 1. The predicted octanol–water partition coefficient (Wildman–Crippen LogP) is 2.99. The fourth-order valence-electron chi connectivity index (χ4n) is 3.27. The number of amides is 1. The van der Waals surface area contributed by atoms with Gasteiger partial charge in [-0.25, -0.2) is 0 Å². The van der Waals surface area contributed by atoms with Crippen LogP contribution in [0.2, 0.25) is 5.02 Å². The van der Waals surface area contributed by atoms with Crippen molar-refractivity contribution in [3.63, 3.8) is 0 Å². The van der Waals surface area contributed by atoms with Gasteiger partial charge in [0.1, 0.15) is 25.9 Å². The van der Waals surface area contributed by atoms with Crippen molar-refractivity contribution in [1.82, 2.24) is 19.9 Å². The molecule has 1 saturated heterocycles. The normalized spacial score (nSPS) is 15.2. The van der Waals surface area contributed by atoms with Crippen molar-refractivity contribution < 1.29 is 33.2 Å². The second-order valence-corrected chi connectivity index (χ2v) is 7.89. The highest BCUT2D eigenvalue weighted by atomic mass is 35.5. The van der Waals surface area contributed by atoms with E-state index in [2.05, 4.69) is 28.1 Å². The Morgan fingerprint density at radius 2 is 1.73 bits per heavy atom. The number of carbonyl (C=O) groups is 1. The van der Waals surface area contributed by atoms with E-state index in [1.54, 1.807) is 35.3 Å². The van der Waals surface area contributed by atoms with Crippen molar-refractivity contribution in [3.8, 4) is 29.5 Å². The molecule has 0 aliphatic carbocycles. The molecule has 0 saturated carbocycles. The molecular weight excluding hydrogens is 504 g/mol. The minimum atomic E-state index is -0.400. The van der Waals surface area contributed by atoms with Gasteiger partial charge in [-0.15, -0.1) is 15.0 Å². The summed E-state index contributed by atoms with van der Waals surface area (Å²) in [6.45, 7) is 8.79. The van der Waals surface area contributed by atoms with Crippen LogP contribution in [0.3, 0.4) is 0 Å². The summed E-state index contributed by atoms with van der Waals surface area (Å²) in [5.74, 6) is 0.709. The third-order valence-electron chi connectivity index (χ3n) is 5.00. The maximum absolute atomic E-state index is 12.8. The van der Waals surface area contributed by atoms with Gasteiger partial charge in [0, 0.05) is 12.6 Å². The van der Waals surface area contributed by atoms with Crippen molar-refractivity contribution in [3.05, 3.63) is 54.1 Å². The molecule has 0 radical (unpaired) electrons. The van der Waals surface area contributed by atoms with E-state index in [0.29, 0.717) is 41.8 Å². The second-order valence-electron chi connectivity index (χ2n) is 7.51. The molecule has 3 rings (SSSR count). The Kier molecular flexibility index (Phi) is 10.5. The molecule has 0 N–H and O–H groups in total. The highest BCUT2D eigenvalue weighted by Crippen LogP contribution is 2.37. The molecule has 1 amide bonds. The Labute approximate surface area is 220 Å². The summed E-state index contributed by atoms with van der Waals surface area (Å²) in [6.07, 6.45) is 5.80. The topological polar surface area (TPSA) is 114 Å². The Morgan fingerprint density at radius 3 is 2.32 bits per heavy atom. The first-order chi connectivity index (χ1) is 18.0. The number of rotatable bonds is 13. The lowest BCUT2D eigenvalue weighted by Gasteiger charge is -2.32. The van der Waals surface area contributed by atoms with E-state index in [-0.39, 0.29) is 43.8 Å². The zero-order valence-corrected chi connectivity index (χ0v) is 21.5. The summed E-state index contributed by atoms with van der Waals surface area (Å²) in [7, 11) is 3.03. The van der Waals surface area contributed by atoms with Gasteiger partial charge in [-0.3, -0.25) is 4.79 Å². The third-order valence-corrected chi connectivity index (χ3v) is 5.39. The monoisotopic (exact) mass is 532 g/mol. The third kappa shape index (κ3) is 7.83. The van der Waals surface area contributed by atoms with Crippen LogP contribution in [0.1, 0.15) is 5.56 Å². The molecule has 2 aromatic rings. The van der Waals surface area contributed by atoms with Gasteiger partial charge in [-0.05, 0) is 23.8 Å². The first-order valence-corrected chi connectivity index (χ1v) is 11.7. The minimum absolute atomic E-state index is 0.00293. The molecule has 1 aromatic heterocycles. The van der Waals surface area contributed by atoms with E-state index in [4.69, 9.17) is 40.0 Å². The van der Waals surface area contributed by atoms with Crippen LogP contribution >= 0.6 is 11.6 Å². The lowest BCUT2D eigenvalue weighted by Crippen LogP contribution is -2.47. The van der Waals surface area contributed by atoms with Crippen LogP contribution in [0.5, 0.6) is 29.5 Å². The number of morpholine rings is 1. The molecule has 37 heavy (non-hydrogen) atoms. The Hall–Kier alpha value is -3.83. The molecule has 1 aliphatic heterocycles. The second kappa shape index (κ2) is 14.0. The lowest BCUT2D eigenvalue weighted by molar-refractivity contribution is -0.134. The number of hydrogen-bond acceptors (Lipinski definition) is 10. The Balaban J connectivity index is 1.61. The maximum atomic E-state index is 12.8. The smallest absolute Gasteiger partial charge is 0.326 e. The van der Waals surface area contributed by atoms with Gasteiger partial charge >= 0.3 is 18.0 Å². The molecular formula is C25H29ClN4O7. The van der Waals surface area contributed by atoms with Gasteiger partial charge in [0.15, 0.2) is 11.5 Å². The lowest BCUT2D eigenvalue weighted by atomic mass is 10.1. The van der Waals surface area contributed by atoms with E-state index in [9.17, 15) is 4.79 Å². The van der Waals surface area contributed by atoms with Gasteiger partial charge in [0.2, 0.25) is 5.91 Å². The molecule has 1 aromatic carbocycles. The van der Waals surface area contributed by atoms with Crippen molar-refractivity contribution >= 4 is 23.6 Å². The average molecular weight is 533 g/mol. The molecule has 12 heteroatoms. The number of aromatic nitrogens is 3. The van der Waals surface area contributed by atoms with Crippen LogP contribution in [-0.4, -0.2) is 85.6 Å². The minimum Gasteiger partial charge on any atom is -0.493 e. The number of halogens is 1. The van der Waals surface area contributed by atoms with Crippen molar-refractivity contribution in [1.29, 1.82) is 0 Å². The van der Waals surface area contributed by atoms with E-state index >= 15 is 0 Å². The van der Waals surface area contributed by atoms with Gasteiger partial charge < -0.3 is 33.3 Å². The van der Waals surface area contributed by atoms with E-state index in [1.807, 2.05) is 0 Å². The number of hydrogen-bond donors (Lipinski definition) is 0. The van der Waals surface area contributed by atoms with Crippen molar-refractivity contribution in [2.45, 2.75) is 6.10 Å². The maximum Gasteiger partial charge on any atom is 0.326 e. The predicted molar refractivity (Wildman–Crippen MR) is 137 cm³/mol. The SMILES string of the molecule is C=CCOc1nc(OCC=C)nc(OCC2CN(C(=O)C=Cc3ccc(OC)c(OC)c3Cl)CCO2)n1. The van der Waals surface area contributed by atoms with Gasteiger partial charge in [-0.1, -0.05) is 36.9 Å². The number of nitrogens with zero attached hydrogens (tertiary/aromatic N) is 4. The Morgan fingerprint density at radius 1 is 1.08 bits per heavy atom. The fourth-order valence-corrected chi connectivity index (χ4v) is 3.56. The van der Waals surface area contributed by atoms with E-state index in [0.717, 1.165) is 0 Å². The fraction of sp³-hybridized carbons (Fsp3) is 0.360. The Bertz CT molecular complexity index is 1100. The summed E-state index contributed by atoms with van der Waals surface area (Å²) in [5.41, 5.74) is 0.625. The van der Waals surface area contributed by atoms with Crippen LogP contribution in [0.15, 0.2) is 43.5 Å². The van der Waals surface area contributed by atoms with Gasteiger partial charge in [-0.2, -0.15) is 0 Å². The van der Waals surface area contributed by atoms with Gasteiger partial charge in [0.25, 0.3) is 0 Å². The molecule has 11 nitrogen and oxygen atoms in total. The van der Waals surface area contributed by atoms with E-state index < -0.39 is 6.10 Å². The van der Waals surface area contributed by atoms with Crippen molar-refractivity contribution in [2.75, 3.05) is 53.7 Å². The summed E-state index contributed by atoms with van der Waals surface area (Å²) >= 11 is 6.40. The van der Waals surface area contributed by atoms with Crippen LogP contribution < -0.4 is 23.7 Å². The molecule has 1 unspecified atom stereocenters. The molecule has 0 spiro atoms. The van der Waals surface area contributed by atoms with E-state index in [1.165, 1.54) is 20.3 Å². The first-order valence-electron chi connectivity index (χ1n) is 11.3. The first kappa shape index (κ1) is 27.8. The van der Waals surface area contributed by atoms with Crippen LogP contribution in [-0.2, 0) is 9.53 Å². The molecule has 198 valence electrons. The summed E-state index contributed by atoms with van der Waals surface area (Å²) in [4.78, 5) is 26.8. The summed E-state index contributed by atoms with van der Waals surface area (Å²) < 4.78 is 32.8. The van der Waals surface area contributed by atoms with Crippen LogP contribution in [0.25, 0.3) is 6.08 Å². The largest absolute Gasteiger partial charge is 0.493 e. The standard InChI is InChI=1S/C25H29ClN4O7/c1-5-12-35-23-27-24(36-13-6-2)29-25(28-23)37-16-18-15-30(11-14-34-18)20(31)10-8-17-7-9-19(32-3)22(33-4)21(17)26/h5-10,18H,1-2,11-16H2,3-4H3. The highest BCUT2D eigenvalue weighted by Gasteiger charge is 2.24. The summed E-state index contributed by atoms with van der Waals surface area (Å²) in [6, 6.07) is 3.54. The molecule has 1 aliphatic rings. The summed E-state index contributed by atoms with van der Waals surface area (Å²) in [5, 5.41) is 0.351. The van der Waals surface area contributed by atoms with Crippen LogP contribution in [0.4, 0.5) is 0 Å². The molecule has 1 fully saturated rings. The van der Waals surface area contributed by atoms with Crippen molar-refractivity contribution in [2.24, 2.45) is 0 Å². The zero-order chi connectivity index (χ0) is 26.6. The highest BCUT2D eigenvalue weighted by molar-refractivity contribution is 6.33. The zero-order valence-electron chi connectivity index (χ0n) is 20.7. The van der Waals surface area contributed by atoms with Crippen LogP contribution in [0, 0.1) is 0 Å². The molecule has 0 bridgehead atoms. The van der Waals surface area contributed by atoms with Gasteiger partial charge in [0.05, 0.1) is 32.4 Å². The quantitative estimate of drug-likeness (QED) is 0.281. The number of methoxy groups -OCH3 is 2. The molecule has 2 heterocycles.